The van der Waals surface area contributed by atoms with Crippen molar-refractivity contribution in [2.45, 2.75) is 52.5 Å². The summed E-state index contributed by atoms with van der Waals surface area (Å²) in [5.41, 5.74) is -0.135. The molecule has 0 aliphatic rings. The first-order valence-corrected chi connectivity index (χ1v) is 13.6. The Morgan fingerprint density at radius 1 is 0.930 bits per heavy atom. The Labute approximate surface area is 247 Å². The van der Waals surface area contributed by atoms with Gasteiger partial charge in [-0.3, -0.25) is 4.79 Å². The Morgan fingerprint density at radius 3 is 2.26 bits per heavy atom. The van der Waals surface area contributed by atoms with E-state index in [4.69, 9.17) is 14.2 Å². The van der Waals surface area contributed by atoms with E-state index in [1.54, 1.807) is 61.7 Å². The van der Waals surface area contributed by atoms with Gasteiger partial charge in [0.1, 0.15) is 28.4 Å². The molecule has 2 heterocycles. The summed E-state index contributed by atoms with van der Waals surface area (Å²) in [6.07, 6.45) is -4.06. The van der Waals surface area contributed by atoms with Crippen LogP contribution in [0.5, 0.6) is 17.4 Å². The van der Waals surface area contributed by atoms with Crippen LogP contribution in [0.15, 0.2) is 66.9 Å². The highest BCUT2D eigenvalue weighted by Gasteiger charge is 2.35. The fourth-order valence-corrected chi connectivity index (χ4v) is 4.19. The van der Waals surface area contributed by atoms with Crippen molar-refractivity contribution < 1.29 is 37.0 Å². The van der Waals surface area contributed by atoms with Crippen molar-refractivity contribution in [3.8, 4) is 23.1 Å². The molecule has 0 aliphatic carbocycles. The molecule has 2 aromatic heterocycles. The number of rotatable bonds is 9. The lowest BCUT2D eigenvalue weighted by atomic mass is 10.2. The minimum atomic E-state index is -4.65. The number of fused-ring (bicyclic) bond motifs is 1. The lowest BCUT2D eigenvalue weighted by molar-refractivity contribution is -0.138. The van der Waals surface area contributed by atoms with Gasteiger partial charge in [0, 0.05) is 30.4 Å². The van der Waals surface area contributed by atoms with E-state index in [-0.39, 0.29) is 30.6 Å². The first-order valence-electron chi connectivity index (χ1n) is 13.6. The normalized spacial score (nSPS) is 11.8. The molecule has 0 unspecified atom stereocenters. The SMILES string of the molecule is CC(C)Oc1ccc(-n2c(C(=O)NCCNC(=O)OC(C)(C)C)cc3cc(Oc4ncccc4C(F)(F)F)ccc32)cc1. The van der Waals surface area contributed by atoms with Crippen LogP contribution in [-0.2, 0) is 10.9 Å². The molecule has 0 fully saturated rings. The molecule has 228 valence electrons. The molecule has 0 radical (unpaired) electrons. The van der Waals surface area contributed by atoms with E-state index >= 15 is 0 Å². The lowest BCUT2D eigenvalue weighted by Crippen LogP contribution is -2.38. The summed E-state index contributed by atoms with van der Waals surface area (Å²) in [6, 6.07) is 15.6. The van der Waals surface area contributed by atoms with Crippen molar-refractivity contribution in [3.63, 3.8) is 0 Å². The monoisotopic (exact) mass is 598 g/mol. The molecule has 0 saturated carbocycles. The van der Waals surface area contributed by atoms with Crippen LogP contribution in [0.2, 0.25) is 0 Å². The summed E-state index contributed by atoms with van der Waals surface area (Å²) in [6.45, 7) is 9.32. The molecule has 4 aromatic rings. The second-order valence-corrected chi connectivity index (χ2v) is 10.9. The average molecular weight is 599 g/mol. The van der Waals surface area contributed by atoms with Crippen molar-refractivity contribution >= 4 is 22.9 Å². The van der Waals surface area contributed by atoms with E-state index in [9.17, 15) is 22.8 Å². The minimum Gasteiger partial charge on any atom is -0.491 e. The van der Waals surface area contributed by atoms with Crippen molar-refractivity contribution in [2.75, 3.05) is 13.1 Å². The van der Waals surface area contributed by atoms with Gasteiger partial charge in [-0.15, -0.1) is 0 Å². The van der Waals surface area contributed by atoms with Gasteiger partial charge in [-0.05, 0) is 95.3 Å². The molecule has 43 heavy (non-hydrogen) atoms. The van der Waals surface area contributed by atoms with E-state index < -0.39 is 35.2 Å². The molecule has 0 bridgehead atoms. The third kappa shape index (κ3) is 8.18. The third-order valence-electron chi connectivity index (χ3n) is 5.84. The number of ether oxygens (including phenoxy) is 3. The molecule has 0 atom stereocenters. The van der Waals surface area contributed by atoms with Gasteiger partial charge in [-0.25, -0.2) is 9.78 Å². The Hall–Kier alpha value is -4.74. The average Bonchev–Trinajstić information content (AvgIpc) is 3.29. The smallest absolute Gasteiger partial charge is 0.421 e. The highest BCUT2D eigenvalue weighted by molar-refractivity contribution is 6.00. The van der Waals surface area contributed by atoms with Gasteiger partial charge in [0.05, 0.1) is 11.6 Å². The number of alkyl halides is 3. The topological polar surface area (TPSA) is 104 Å². The number of halogens is 3. The van der Waals surface area contributed by atoms with Gasteiger partial charge in [-0.1, -0.05) is 0 Å². The number of carbonyl (C=O) groups excluding carboxylic acids is 2. The van der Waals surface area contributed by atoms with Gasteiger partial charge in [-0.2, -0.15) is 13.2 Å². The zero-order valence-electron chi connectivity index (χ0n) is 24.4. The molecule has 2 aromatic carbocycles. The molecular formula is C31H33F3N4O5. The lowest BCUT2D eigenvalue weighted by Gasteiger charge is -2.19. The summed E-state index contributed by atoms with van der Waals surface area (Å²) in [5.74, 6) is -0.245. The maximum atomic E-state index is 13.5. The molecule has 0 aliphatic heterocycles. The molecule has 4 rings (SSSR count). The highest BCUT2D eigenvalue weighted by atomic mass is 19.4. The van der Waals surface area contributed by atoms with E-state index in [1.807, 2.05) is 13.8 Å². The number of hydrogen-bond acceptors (Lipinski definition) is 6. The van der Waals surface area contributed by atoms with Crippen LogP contribution in [-0.4, -0.2) is 46.3 Å². The minimum absolute atomic E-state index is 0.0238. The first kappa shape index (κ1) is 31.2. The maximum absolute atomic E-state index is 13.5. The number of hydrogen-bond donors (Lipinski definition) is 2. The number of aromatic nitrogens is 2. The van der Waals surface area contributed by atoms with Gasteiger partial charge < -0.3 is 29.4 Å². The van der Waals surface area contributed by atoms with E-state index in [1.165, 1.54) is 24.4 Å². The molecule has 2 amide bonds. The first-order chi connectivity index (χ1) is 20.2. The summed E-state index contributed by atoms with van der Waals surface area (Å²) >= 11 is 0. The number of pyridine rings is 1. The summed E-state index contributed by atoms with van der Waals surface area (Å²) in [5, 5.41) is 5.91. The summed E-state index contributed by atoms with van der Waals surface area (Å²) in [4.78, 5) is 29.0. The predicted molar refractivity (Wildman–Crippen MR) is 155 cm³/mol. The number of carbonyl (C=O) groups is 2. The Morgan fingerprint density at radius 2 is 1.60 bits per heavy atom. The third-order valence-corrected chi connectivity index (χ3v) is 5.84. The van der Waals surface area contributed by atoms with E-state index in [2.05, 4.69) is 15.6 Å². The standard InChI is InChI=1S/C31H33F3N4O5/c1-19(2)41-22-10-8-21(9-11-22)38-25-13-12-23(42-28-24(31(32,33)34)7-6-14-36-28)17-20(25)18-26(38)27(39)35-15-16-37-29(40)43-30(3,4)5/h6-14,17-19H,15-16H2,1-5H3,(H,35,39)(H,37,40). The van der Waals surface area contributed by atoms with Crippen molar-refractivity contribution in [3.05, 3.63) is 78.1 Å². The zero-order chi connectivity index (χ0) is 31.4. The van der Waals surface area contributed by atoms with E-state index in [0.717, 1.165) is 6.07 Å². The molecule has 0 spiro atoms. The van der Waals surface area contributed by atoms with Crippen LogP contribution in [0.4, 0.5) is 18.0 Å². The zero-order valence-corrected chi connectivity index (χ0v) is 24.4. The fraction of sp³-hybridized carbons (Fsp3) is 0.323. The van der Waals surface area contributed by atoms with E-state index in [0.29, 0.717) is 22.3 Å². The number of nitrogens with zero attached hydrogens (tertiary/aromatic N) is 2. The number of nitrogens with one attached hydrogen (secondary N) is 2. The largest absolute Gasteiger partial charge is 0.491 e. The molecule has 12 heteroatoms. The molecule has 2 N–H and O–H groups in total. The van der Waals surface area contributed by atoms with Gasteiger partial charge in [0.2, 0.25) is 5.88 Å². The fourth-order valence-electron chi connectivity index (χ4n) is 4.19. The van der Waals surface area contributed by atoms with Crippen molar-refractivity contribution in [1.82, 2.24) is 20.2 Å². The number of benzene rings is 2. The van der Waals surface area contributed by atoms with Crippen molar-refractivity contribution in [1.29, 1.82) is 0 Å². The number of alkyl carbamates (subject to hydrolysis) is 1. The van der Waals surface area contributed by atoms with Crippen LogP contribution in [0.25, 0.3) is 16.6 Å². The maximum Gasteiger partial charge on any atom is 0.421 e. The van der Waals surface area contributed by atoms with Gasteiger partial charge in [0.15, 0.2) is 0 Å². The van der Waals surface area contributed by atoms with Crippen LogP contribution >= 0.6 is 0 Å². The second kappa shape index (κ2) is 12.6. The van der Waals surface area contributed by atoms with Crippen molar-refractivity contribution in [2.24, 2.45) is 0 Å². The van der Waals surface area contributed by atoms with Gasteiger partial charge >= 0.3 is 12.3 Å². The van der Waals surface area contributed by atoms with Crippen LogP contribution in [0.3, 0.4) is 0 Å². The number of amides is 2. The summed E-state index contributed by atoms with van der Waals surface area (Å²) in [7, 11) is 0. The molecular weight excluding hydrogens is 565 g/mol. The second-order valence-electron chi connectivity index (χ2n) is 10.9. The Bertz CT molecular complexity index is 1590. The van der Waals surface area contributed by atoms with Crippen LogP contribution < -0.4 is 20.1 Å². The predicted octanol–water partition coefficient (Wildman–Crippen LogP) is 6.88. The Kier molecular flexibility index (Phi) is 9.17. The van der Waals surface area contributed by atoms with Gasteiger partial charge in [0.25, 0.3) is 5.91 Å². The van der Waals surface area contributed by atoms with Crippen LogP contribution in [0.1, 0.15) is 50.7 Å². The highest BCUT2D eigenvalue weighted by Crippen LogP contribution is 2.37. The quantitative estimate of drug-likeness (QED) is 0.204. The molecule has 0 saturated heterocycles. The summed E-state index contributed by atoms with van der Waals surface area (Å²) < 4.78 is 58.6. The van der Waals surface area contributed by atoms with Crippen LogP contribution in [0, 0.1) is 0 Å². The Balaban J connectivity index is 1.63. The molecule has 9 nitrogen and oxygen atoms in total.